The third kappa shape index (κ3) is 3.08. The number of ether oxygens (including phenoxy) is 1. The Balaban J connectivity index is 2.19. The molecule has 0 unspecified atom stereocenters. The number of benzene rings is 1. The normalized spacial score (nSPS) is 10.6. The van der Waals surface area contributed by atoms with Crippen molar-refractivity contribution in [3.8, 4) is 5.75 Å². The maximum absolute atomic E-state index is 12.2. The Labute approximate surface area is 121 Å². The third-order valence-corrected chi connectivity index (χ3v) is 3.58. The van der Waals surface area contributed by atoms with Crippen molar-refractivity contribution in [1.82, 2.24) is 4.98 Å². The molecule has 0 saturated carbocycles. The van der Waals surface area contributed by atoms with Gasteiger partial charge in [-0.1, -0.05) is 13.8 Å². The first-order valence-electron chi connectivity index (χ1n) is 6.21. The highest BCUT2D eigenvalue weighted by Gasteiger charge is 2.14. The van der Waals surface area contributed by atoms with Crippen molar-refractivity contribution in [2.75, 3.05) is 18.2 Å². The maximum Gasteiger partial charge on any atom is 0.261 e. The molecule has 6 heteroatoms. The second-order valence-electron chi connectivity index (χ2n) is 4.65. The summed E-state index contributed by atoms with van der Waals surface area (Å²) in [5.74, 6) is 0.526. The number of nitrogens with zero attached hydrogens (tertiary/aromatic N) is 1. The summed E-state index contributed by atoms with van der Waals surface area (Å²) in [5.41, 5.74) is 7.62. The van der Waals surface area contributed by atoms with Crippen LogP contribution in [0.3, 0.4) is 0 Å². The van der Waals surface area contributed by atoms with Crippen LogP contribution in [0.5, 0.6) is 5.75 Å². The van der Waals surface area contributed by atoms with Crippen molar-refractivity contribution < 1.29 is 9.53 Å². The molecule has 106 valence electrons. The van der Waals surface area contributed by atoms with Crippen LogP contribution in [0.4, 0.5) is 10.8 Å². The minimum absolute atomic E-state index is 0.258. The number of aromatic nitrogens is 1. The molecular weight excluding hydrogens is 274 g/mol. The van der Waals surface area contributed by atoms with Gasteiger partial charge in [0.2, 0.25) is 0 Å². The van der Waals surface area contributed by atoms with Crippen molar-refractivity contribution in [3.63, 3.8) is 0 Å². The van der Waals surface area contributed by atoms with Gasteiger partial charge in [0, 0.05) is 17.1 Å². The second-order valence-corrected chi connectivity index (χ2v) is 5.50. The fourth-order valence-corrected chi connectivity index (χ4v) is 2.54. The average molecular weight is 291 g/mol. The van der Waals surface area contributed by atoms with Crippen molar-refractivity contribution >= 4 is 28.1 Å². The zero-order valence-electron chi connectivity index (χ0n) is 11.6. The van der Waals surface area contributed by atoms with Gasteiger partial charge < -0.3 is 10.5 Å². The average Bonchev–Trinajstić information content (AvgIpc) is 2.87. The molecule has 1 amide bonds. The fraction of sp³-hybridized carbons (Fsp3) is 0.286. The molecule has 1 heterocycles. The predicted octanol–water partition coefficient (Wildman–Crippen LogP) is 3.11. The van der Waals surface area contributed by atoms with Gasteiger partial charge in [-0.3, -0.25) is 10.1 Å². The molecule has 2 rings (SSSR count). The van der Waals surface area contributed by atoms with Crippen molar-refractivity contribution in [2.45, 2.75) is 19.8 Å². The Bertz CT molecular complexity index is 623. The standard InChI is InChI=1S/C14H17N3O2S/c1-8(2)11-7-20-14(16-11)17-13(18)10-5-4-9(15)6-12(10)19-3/h4-8H,15H2,1-3H3,(H,16,17,18). The van der Waals surface area contributed by atoms with Crippen molar-refractivity contribution in [1.29, 1.82) is 0 Å². The Kier molecular flexibility index (Phi) is 4.24. The number of carbonyl (C=O) groups is 1. The number of anilines is 2. The van der Waals surface area contributed by atoms with Crippen LogP contribution in [-0.2, 0) is 0 Å². The SMILES string of the molecule is COc1cc(N)ccc1C(=O)Nc1nc(C(C)C)cs1. The van der Waals surface area contributed by atoms with Gasteiger partial charge in [0.1, 0.15) is 5.75 Å². The van der Waals surface area contributed by atoms with Crippen LogP contribution in [0.2, 0.25) is 0 Å². The monoisotopic (exact) mass is 291 g/mol. The molecule has 3 N–H and O–H groups in total. The summed E-state index contributed by atoms with van der Waals surface area (Å²) in [5, 5.41) is 5.30. The van der Waals surface area contributed by atoms with E-state index in [2.05, 4.69) is 24.1 Å². The number of nitrogen functional groups attached to an aromatic ring is 1. The molecular formula is C14H17N3O2S. The Hall–Kier alpha value is -2.08. The van der Waals surface area contributed by atoms with Gasteiger partial charge >= 0.3 is 0 Å². The van der Waals surface area contributed by atoms with E-state index in [9.17, 15) is 4.79 Å². The summed E-state index contributed by atoms with van der Waals surface area (Å²) >= 11 is 1.41. The fourth-order valence-electron chi connectivity index (χ4n) is 1.67. The summed E-state index contributed by atoms with van der Waals surface area (Å²) in [6.07, 6.45) is 0. The molecule has 0 bridgehead atoms. The van der Waals surface area contributed by atoms with E-state index < -0.39 is 0 Å². The Morgan fingerprint density at radius 3 is 2.80 bits per heavy atom. The lowest BCUT2D eigenvalue weighted by molar-refractivity contribution is 0.102. The maximum atomic E-state index is 12.2. The second kappa shape index (κ2) is 5.92. The number of nitrogens with two attached hydrogens (primary N) is 1. The highest BCUT2D eigenvalue weighted by molar-refractivity contribution is 7.14. The third-order valence-electron chi connectivity index (χ3n) is 2.80. The lowest BCUT2D eigenvalue weighted by Crippen LogP contribution is -2.13. The minimum atomic E-state index is -0.258. The molecule has 1 aromatic heterocycles. The highest BCUT2D eigenvalue weighted by atomic mass is 32.1. The van der Waals surface area contributed by atoms with Gasteiger partial charge in [-0.2, -0.15) is 0 Å². The van der Waals surface area contributed by atoms with Crippen molar-refractivity contribution in [3.05, 3.63) is 34.8 Å². The number of hydrogen-bond acceptors (Lipinski definition) is 5. The van der Waals surface area contributed by atoms with Gasteiger partial charge in [-0.15, -0.1) is 11.3 Å². The van der Waals surface area contributed by atoms with Crippen LogP contribution < -0.4 is 15.8 Å². The Morgan fingerprint density at radius 2 is 2.20 bits per heavy atom. The lowest BCUT2D eigenvalue weighted by atomic mass is 10.1. The lowest BCUT2D eigenvalue weighted by Gasteiger charge is -2.08. The molecule has 0 aliphatic heterocycles. The number of carbonyl (C=O) groups excluding carboxylic acids is 1. The van der Waals surface area contributed by atoms with Gasteiger partial charge in [-0.25, -0.2) is 4.98 Å². The van der Waals surface area contributed by atoms with Crippen LogP contribution in [-0.4, -0.2) is 18.0 Å². The number of amides is 1. The number of hydrogen-bond donors (Lipinski definition) is 2. The Morgan fingerprint density at radius 1 is 1.45 bits per heavy atom. The number of nitrogens with one attached hydrogen (secondary N) is 1. The summed E-state index contributed by atoms with van der Waals surface area (Å²) in [7, 11) is 1.51. The van der Waals surface area contributed by atoms with Gasteiger partial charge in [-0.05, 0) is 18.1 Å². The molecule has 2 aromatic rings. The van der Waals surface area contributed by atoms with Crippen LogP contribution in [0, 0.1) is 0 Å². The molecule has 20 heavy (non-hydrogen) atoms. The number of thiazole rings is 1. The smallest absolute Gasteiger partial charge is 0.261 e. The first-order valence-corrected chi connectivity index (χ1v) is 7.09. The zero-order chi connectivity index (χ0) is 14.7. The first kappa shape index (κ1) is 14.3. The van der Waals surface area contributed by atoms with Crippen LogP contribution in [0.1, 0.15) is 35.8 Å². The van der Waals surface area contributed by atoms with E-state index in [1.807, 2.05) is 5.38 Å². The molecule has 0 aliphatic carbocycles. The molecule has 1 aromatic carbocycles. The number of methoxy groups -OCH3 is 1. The van der Waals surface area contributed by atoms with E-state index in [0.29, 0.717) is 28.0 Å². The molecule has 0 saturated heterocycles. The van der Waals surface area contributed by atoms with E-state index in [4.69, 9.17) is 10.5 Å². The summed E-state index contributed by atoms with van der Waals surface area (Å²) < 4.78 is 5.17. The van der Waals surface area contributed by atoms with Crippen LogP contribution >= 0.6 is 11.3 Å². The molecule has 0 spiro atoms. The summed E-state index contributed by atoms with van der Waals surface area (Å²) in [6.45, 7) is 4.12. The molecule has 0 atom stereocenters. The molecule has 5 nitrogen and oxygen atoms in total. The van der Waals surface area contributed by atoms with Gasteiger partial charge in [0.15, 0.2) is 5.13 Å². The van der Waals surface area contributed by atoms with Crippen LogP contribution in [0.25, 0.3) is 0 Å². The van der Waals surface area contributed by atoms with E-state index in [1.165, 1.54) is 18.4 Å². The van der Waals surface area contributed by atoms with E-state index in [-0.39, 0.29) is 5.91 Å². The molecule has 0 fully saturated rings. The van der Waals surface area contributed by atoms with E-state index in [0.717, 1.165) is 5.69 Å². The summed E-state index contributed by atoms with van der Waals surface area (Å²) in [6, 6.07) is 4.93. The zero-order valence-corrected chi connectivity index (χ0v) is 12.5. The molecule has 0 radical (unpaired) electrons. The predicted molar refractivity (Wildman–Crippen MR) is 81.6 cm³/mol. The van der Waals surface area contributed by atoms with Crippen molar-refractivity contribution in [2.24, 2.45) is 0 Å². The van der Waals surface area contributed by atoms with Gasteiger partial charge in [0.05, 0.1) is 18.4 Å². The molecule has 0 aliphatic rings. The minimum Gasteiger partial charge on any atom is -0.496 e. The topological polar surface area (TPSA) is 77.2 Å². The largest absolute Gasteiger partial charge is 0.496 e. The summed E-state index contributed by atoms with van der Waals surface area (Å²) in [4.78, 5) is 16.6. The van der Waals surface area contributed by atoms with E-state index >= 15 is 0 Å². The first-order chi connectivity index (χ1) is 9.51. The highest BCUT2D eigenvalue weighted by Crippen LogP contribution is 2.25. The van der Waals surface area contributed by atoms with Gasteiger partial charge in [0.25, 0.3) is 5.91 Å². The quantitative estimate of drug-likeness (QED) is 0.848. The van der Waals surface area contributed by atoms with Crippen LogP contribution in [0.15, 0.2) is 23.6 Å². The van der Waals surface area contributed by atoms with E-state index in [1.54, 1.807) is 18.2 Å². The number of rotatable bonds is 4.